The molecule has 0 bridgehead atoms. The Labute approximate surface area is 183 Å². The number of anilines is 1. The van der Waals surface area contributed by atoms with Crippen LogP contribution in [-0.2, 0) is 17.6 Å². The lowest BCUT2D eigenvalue weighted by Crippen LogP contribution is -2.41. The third-order valence-electron chi connectivity index (χ3n) is 6.10. The molecule has 0 unspecified atom stereocenters. The molecule has 31 heavy (non-hydrogen) atoms. The average molecular weight is 426 g/mol. The summed E-state index contributed by atoms with van der Waals surface area (Å²) in [5.74, 6) is 1.86. The number of rotatable bonds is 5. The predicted octanol–water partition coefficient (Wildman–Crippen LogP) is 3.64. The van der Waals surface area contributed by atoms with Gasteiger partial charge in [0.1, 0.15) is 5.82 Å². The van der Waals surface area contributed by atoms with Crippen molar-refractivity contribution in [3.63, 3.8) is 0 Å². The highest BCUT2D eigenvalue weighted by Gasteiger charge is 2.35. The van der Waals surface area contributed by atoms with E-state index in [1.807, 2.05) is 18.7 Å². The number of aromatic nitrogens is 3. The van der Waals surface area contributed by atoms with Crippen LogP contribution >= 0.6 is 0 Å². The zero-order chi connectivity index (χ0) is 22.1. The lowest BCUT2D eigenvalue weighted by Gasteiger charge is -2.36. The van der Waals surface area contributed by atoms with Crippen molar-refractivity contribution in [2.24, 2.45) is 5.92 Å². The molecule has 1 atom stereocenters. The van der Waals surface area contributed by atoms with Gasteiger partial charge in [-0.15, -0.1) is 0 Å². The summed E-state index contributed by atoms with van der Waals surface area (Å²) in [6.45, 7) is 9.41. The van der Waals surface area contributed by atoms with Gasteiger partial charge in [-0.05, 0) is 44.9 Å². The van der Waals surface area contributed by atoms with Gasteiger partial charge in [0.25, 0.3) is 5.91 Å². The zero-order valence-electron chi connectivity index (χ0n) is 18.8. The summed E-state index contributed by atoms with van der Waals surface area (Å²) in [7, 11) is 0. The minimum atomic E-state index is -0.238. The normalized spacial score (nSPS) is 19.1. The molecule has 4 heterocycles. The maximum atomic E-state index is 13.2. The lowest BCUT2D eigenvalue weighted by molar-refractivity contribution is -0.119. The van der Waals surface area contributed by atoms with Gasteiger partial charge in [0.2, 0.25) is 11.7 Å². The van der Waals surface area contributed by atoms with E-state index in [0.29, 0.717) is 44.1 Å². The average Bonchev–Trinajstić information content (AvgIpc) is 3.24. The minimum absolute atomic E-state index is 0.107. The highest BCUT2D eigenvalue weighted by atomic mass is 16.5. The molecule has 2 amide bonds. The summed E-state index contributed by atoms with van der Waals surface area (Å²) < 4.78 is 5.31. The van der Waals surface area contributed by atoms with E-state index >= 15 is 0 Å². The number of nitrogens with zero attached hydrogens (tertiary/aromatic N) is 5. The van der Waals surface area contributed by atoms with E-state index in [2.05, 4.69) is 19.0 Å². The molecule has 0 saturated carbocycles. The highest BCUT2D eigenvalue weighted by molar-refractivity contribution is 5.95. The quantitative estimate of drug-likeness (QED) is 0.726. The molecule has 2 aromatic heterocycles. The fourth-order valence-electron chi connectivity index (χ4n) is 4.47. The monoisotopic (exact) mass is 425 g/mol. The van der Waals surface area contributed by atoms with Gasteiger partial charge in [0.05, 0.1) is 11.7 Å². The lowest BCUT2D eigenvalue weighted by atomic mass is 9.98. The van der Waals surface area contributed by atoms with Crippen LogP contribution in [-0.4, -0.2) is 44.9 Å². The van der Waals surface area contributed by atoms with Crippen LogP contribution in [0.5, 0.6) is 0 Å². The Hall–Kier alpha value is -2.77. The van der Waals surface area contributed by atoms with Crippen molar-refractivity contribution in [2.45, 2.75) is 72.3 Å². The summed E-state index contributed by atoms with van der Waals surface area (Å²) in [6.07, 6.45) is 4.59. The maximum absolute atomic E-state index is 13.2. The molecule has 1 saturated heterocycles. The number of piperidine rings is 1. The summed E-state index contributed by atoms with van der Waals surface area (Å²) in [5.41, 5.74) is 2.70. The van der Waals surface area contributed by atoms with Crippen LogP contribution in [0.25, 0.3) is 0 Å². The first-order valence-electron chi connectivity index (χ1n) is 11.3. The molecule has 1 fully saturated rings. The molecule has 0 aromatic carbocycles. The van der Waals surface area contributed by atoms with Gasteiger partial charge in [0.15, 0.2) is 5.82 Å². The van der Waals surface area contributed by atoms with Crippen molar-refractivity contribution in [2.75, 3.05) is 18.0 Å². The second-order valence-electron chi connectivity index (χ2n) is 8.91. The second-order valence-corrected chi connectivity index (χ2v) is 8.91. The molecule has 2 aromatic rings. The first-order chi connectivity index (χ1) is 14.9. The topological polar surface area (TPSA) is 92.4 Å². The van der Waals surface area contributed by atoms with Crippen LogP contribution in [0, 0.1) is 12.8 Å². The molecule has 0 aliphatic carbocycles. The van der Waals surface area contributed by atoms with Gasteiger partial charge in [-0.3, -0.25) is 14.5 Å². The van der Waals surface area contributed by atoms with Crippen molar-refractivity contribution in [3.05, 3.63) is 34.6 Å². The van der Waals surface area contributed by atoms with E-state index in [1.54, 1.807) is 11.0 Å². The van der Waals surface area contributed by atoms with Crippen LogP contribution in [0.3, 0.4) is 0 Å². The van der Waals surface area contributed by atoms with Gasteiger partial charge in [0, 0.05) is 36.8 Å². The molecule has 8 heteroatoms. The Morgan fingerprint density at radius 1 is 1.26 bits per heavy atom. The third-order valence-corrected chi connectivity index (χ3v) is 6.10. The molecular weight excluding hydrogens is 394 g/mol. The van der Waals surface area contributed by atoms with Gasteiger partial charge >= 0.3 is 0 Å². The van der Waals surface area contributed by atoms with Crippen molar-refractivity contribution < 1.29 is 14.1 Å². The number of amides is 2. The Balaban J connectivity index is 1.70. The van der Waals surface area contributed by atoms with E-state index in [0.717, 1.165) is 42.0 Å². The number of carbonyl (C=O) groups excluding carboxylic acids is 2. The van der Waals surface area contributed by atoms with Gasteiger partial charge in [-0.1, -0.05) is 25.9 Å². The minimum Gasteiger partial charge on any atom is -0.351 e. The van der Waals surface area contributed by atoms with Crippen LogP contribution < -0.4 is 4.90 Å². The van der Waals surface area contributed by atoms with E-state index in [-0.39, 0.29) is 23.6 Å². The Bertz CT molecular complexity index is 984. The number of carbonyl (C=O) groups is 2. The molecule has 0 spiro atoms. The fraction of sp³-hybridized carbons (Fsp3) is 0.609. The van der Waals surface area contributed by atoms with E-state index in [9.17, 15) is 9.59 Å². The summed E-state index contributed by atoms with van der Waals surface area (Å²) in [6, 6.07) is 1.48. The molecular formula is C23H31N5O3. The molecule has 2 aliphatic heterocycles. The van der Waals surface area contributed by atoms with Crippen LogP contribution in [0.15, 0.2) is 10.6 Å². The SMILES string of the molecule is CCc1cc(C(=O)N2CCCC[C@H]2c2nc(C)c3c(n2)N(CC(C)C)C(=O)CC3)on1. The smallest absolute Gasteiger partial charge is 0.293 e. The first-order valence-corrected chi connectivity index (χ1v) is 11.3. The van der Waals surface area contributed by atoms with E-state index < -0.39 is 0 Å². The zero-order valence-corrected chi connectivity index (χ0v) is 18.8. The Morgan fingerprint density at radius 2 is 2.06 bits per heavy atom. The summed E-state index contributed by atoms with van der Waals surface area (Å²) >= 11 is 0. The number of hydrogen-bond acceptors (Lipinski definition) is 6. The molecule has 0 radical (unpaired) electrons. The van der Waals surface area contributed by atoms with Crippen molar-refractivity contribution >= 4 is 17.6 Å². The third kappa shape index (κ3) is 4.20. The van der Waals surface area contributed by atoms with Crippen LogP contribution in [0.1, 0.15) is 85.8 Å². The van der Waals surface area contributed by atoms with Crippen molar-refractivity contribution in [1.29, 1.82) is 0 Å². The highest BCUT2D eigenvalue weighted by Crippen LogP contribution is 2.35. The second kappa shape index (κ2) is 8.77. The summed E-state index contributed by atoms with van der Waals surface area (Å²) in [5, 5.41) is 3.97. The largest absolute Gasteiger partial charge is 0.351 e. The molecule has 8 nitrogen and oxygen atoms in total. The number of likely N-dealkylation sites (tertiary alicyclic amines) is 1. The standard InChI is InChI=1S/C23H31N5O3/c1-5-16-12-19(31-26-16)23(30)27-11-7-6-8-18(27)21-24-15(4)17-9-10-20(29)28(13-14(2)3)22(17)25-21/h12,14,18H,5-11,13H2,1-4H3/t18-/m0/s1. The molecule has 166 valence electrons. The fourth-order valence-corrected chi connectivity index (χ4v) is 4.47. The first kappa shape index (κ1) is 21.5. The number of fused-ring (bicyclic) bond motifs is 1. The van der Waals surface area contributed by atoms with Gasteiger partial charge in [-0.25, -0.2) is 9.97 Å². The number of aryl methyl sites for hydroxylation is 2. The maximum Gasteiger partial charge on any atom is 0.293 e. The van der Waals surface area contributed by atoms with Crippen molar-refractivity contribution in [1.82, 2.24) is 20.0 Å². The Kier molecular flexibility index (Phi) is 6.07. The van der Waals surface area contributed by atoms with Gasteiger partial charge in [-0.2, -0.15) is 0 Å². The van der Waals surface area contributed by atoms with E-state index in [4.69, 9.17) is 14.5 Å². The van der Waals surface area contributed by atoms with Crippen molar-refractivity contribution in [3.8, 4) is 0 Å². The molecule has 4 rings (SSSR count). The Morgan fingerprint density at radius 3 is 2.77 bits per heavy atom. The van der Waals surface area contributed by atoms with Crippen LogP contribution in [0.2, 0.25) is 0 Å². The molecule has 0 N–H and O–H groups in total. The molecule has 2 aliphatic rings. The summed E-state index contributed by atoms with van der Waals surface area (Å²) in [4.78, 5) is 39.2. The van der Waals surface area contributed by atoms with Crippen LogP contribution in [0.4, 0.5) is 5.82 Å². The van der Waals surface area contributed by atoms with E-state index in [1.165, 1.54) is 0 Å². The number of hydrogen-bond donors (Lipinski definition) is 0. The predicted molar refractivity (Wildman–Crippen MR) is 116 cm³/mol. The van der Waals surface area contributed by atoms with Gasteiger partial charge < -0.3 is 9.42 Å².